The van der Waals surface area contributed by atoms with Gasteiger partial charge in [0, 0.05) is 0 Å². The Morgan fingerprint density at radius 3 is 1.47 bits per heavy atom. The Kier molecular flexibility index (Phi) is 16.0. The van der Waals surface area contributed by atoms with Gasteiger partial charge in [0.15, 0.2) is 6.00 Å². The molecule has 3 heteroatoms. The lowest BCUT2D eigenvalue weighted by molar-refractivity contribution is -0.918. The maximum atomic E-state index is 6.25. The second kappa shape index (κ2) is 13.4. The molecule has 0 aliphatic carbocycles. The zero-order valence-corrected chi connectivity index (χ0v) is 14.9. The molecule has 0 aromatic rings. The Labute approximate surface area is 131 Å². The molecule has 0 N–H and O–H groups in total. The smallest absolute Gasteiger partial charge is 0.154 e. The van der Waals surface area contributed by atoms with E-state index in [0.29, 0.717) is 0 Å². The van der Waals surface area contributed by atoms with Crippen LogP contribution in [0.15, 0.2) is 0 Å². The van der Waals surface area contributed by atoms with Gasteiger partial charge in [-0.25, -0.2) is 0 Å². The van der Waals surface area contributed by atoms with Crippen molar-refractivity contribution in [1.82, 2.24) is 0 Å². The highest BCUT2D eigenvalue weighted by Gasteiger charge is 2.24. The Hall–Kier alpha value is 0.980. The predicted octanol–water partition coefficient (Wildman–Crippen LogP) is 1.79. The van der Waals surface area contributed by atoms with E-state index in [2.05, 4.69) is 20.8 Å². The highest BCUT2D eigenvalue weighted by atomic mass is 127. The van der Waals surface area contributed by atoms with Gasteiger partial charge < -0.3 is 28.5 Å². The van der Waals surface area contributed by atoms with Crippen LogP contribution in [-0.4, -0.2) is 30.1 Å². The lowest BCUT2D eigenvalue weighted by Crippen LogP contribution is -3.00. The lowest BCUT2D eigenvalue weighted by Gasteiger charge is -2.37. The van der Waals surface area contributed by atoms with Gasteiger partial charge in [-0.2, -0.15) is 0 Å². The van der Waals surface area contributed by atoms with Gasteiger partial charge in [0.05, 0.1) is 19.6 Å². The van der Waals surface area contributed by atoms with Crippen molar-refractivity contribution in [2.75, 3.05) is 25.6 Å². The van der Waals surface area contributed by atoms with E-state index in [9.17, 15) is 0 Å². The molecule has 0 unspecified atom stereocenters. The highest BCUT2D eigenvalue weighted by Crippen LogP contribution is 2.16. The number of rotatable bonds is 11. The van der Waals surface area contributed by atoms with E-state index in [1.807, 2.05) is 0 Å². The third-order valence-electron chi connectivity index (χ3n) is 3.46. The Balaban J connectivity index is 0. The molecule has 0 saturated heterocycles. The first-order valence-electron chi connectivity index (χ1n) is 7.15. The summed E-state index contributed by atoms with van der Waals surface area (Å²) in [7, 11) is 0. The molecule has 0 bridgehead atoms. The monoisotopic (exact) mass is 375 g/mol. The van der Waals surface area contributed by atoms with E-state index < -0.39 is 0 Å². The van der Waals surface area contributed by atoms with Crippen molar-refractivity contribution in [1.29, 1.82) is 0 Å². The average Bonchev–Trinajstić information content (AvgIpc) is 2.32. The minimum Gasteiger partial charge on any atom is -1.00 e. The highest BCUT2D eigenvalue weighted by molar-refractivity contribution is 6.16. The molecule has 0 atom stereocenters. The van der Waals surface area contributed by atoms with Gasteiger partial charge >= 0.3 is 0 Å². The first-order chi connectivity index (χ1) is 7.74. The largest absolute Gasteiger partial charge is 1.00 e. The molecule has 106 valence electrons. The zero-order chi connectivity index (χ0) is 12.3. The van der Waals surface area contributed by atoms with E-state index >= 15 is 0 Å². The standard InChI is InChI=1S/C14H31ClN.HI/c1-4-7-10-13-16(14-15,11-8-5-2)12-9-6-3;/h4-14H2,1-3H3;1H/q+1;/p-1. The number of quaternary nitrogens is 1. The molecule has 0 aromatic carbocycles. The van der Waals surface area contributed by atoms with Gasteiger partial charge in [0.1, 0.15) is 0 Å². The molecule has 0 amide bonds. The van der Waals surface area contributed by atoms with Crippen LogP contribution < -0.4 is 24.0 Å². The summed E-state index contributed by atoms with van der Waals surface area (Å²) in [4.78, 5) is 0. The molecule has 0 fully saturated rings. The fourth-order valence-electron chi connectivity index (χ4n) is 2.20. The van der Waals surface area contributed by atoms with E-state index in [-0.39, 0.29) is 24.0 Å². The molecule has 17 heavy (non-hydrogen) atoms. The van der Waals surface area contributed by atoms with Crippen LogP contribution >= 0.6 is 11.6 Å². The topological polar surface area (TPSA) is 0 Å². The molecule has 0 spiro atoms. The number of halogens is 2. The summed E-state index contributed by atoms with van der Waals surface area (Å²) in [6, 6.07) is 0.809. The van der Waals surface area contributed by atoms with Crippen LogP contribution in [0.1, 0.15) is 65.7 Å². The van der Waals surface area contributed by atoms with Gasteiger partial charge in [0.25, 0.3) is 0 Å². The molecular weight excluding hydrogens is 345 g/mol. The number of hydrogen-bond acceptors (Lipinski definition) is 0. The SMILES string of the molecule is CCCCC[N+](CCl)(CCCC)CCCC.[I-]. The average molecular weight is 376 g/mol. The van der Waals surface area contributed by atoms with E-state index in [1.54, 1.807) is 0 Å². The Morgan fingerprint density at radius 1 is 0.706 bits per heavy atom. The summed E-state index contributed by atoms with van der Waals surface area (Å²) in [5, 5.41) is 0. The van der Waals surface area contributed by atoms with Crippen molar-refractivity contribution < 1.29 is 28.5 Å². The van der Waals surface area contributed by atoms with Gasteiger partial charge in [-0.3, -0.25) is 0 Å². The van der Waals surface area contributed by atoms with Gasteiger partial charge in [-0.05, 0) is 25.7 Å². The summed E-state index contributed by atoms with van der Waals surface area (Å²) in [5.74, 6) is 0. The number of alkyl halides is 1. The minimum absolute atomic E-state index is 0. The fraction of sp³-hybridized carbons (Fsp3) is 1.00. The first kappa shape index (κ1) is 20.3. The second-order valence-electron chi connectivity index (χ2n) is 5.05. The summed E-state index contributed by atoms with van der Waals surface area (Å²) in [6.45, 7) is 10.7. The number of unbranched alkanes of at least 4 members (excludes halogenated alkanes) is 4. The van der Waals surface area contributed by atoms with Crippen molar-refractivity contribution in [3.8, 4) is 0 Å². The maximum Gasteiger partial charge on any atom is 0.154 e. The number of nitrogens with zero attached hydrogens (tertiary/aromatic N) is 1. The molecule has 0 saturated carbocycles. The van der Waals surface area contributed by atoms with Crippen molar-refractivity contribution in [3.63, 3.8) is 0 Å². The molecule has 0 aliphatic heterocycles. The second-order valence-corrected chi connectivity index (χ2v) is 5.29. The fourth-order valence-corrected chi connectivity index (χ4v) is 2.56. The summed E-state index contributed by atoms with van der Waals surface area (Å²) in [6.07, 6.45) is 9.23. The van der Waals surface area contributed by atoms with Gasteiger partial charge in [-0.15, -0.1) is 0 Å². The normalized spacial score (nSPS) is 11.3. The van der Waals surface area contributed by atoms with E-state index in [1.165, 1.54) is 64.6 Å². The number of hydrogen-bond donors (Lipinski definition) is 0. The van der Waals surface area contributed by atoms with Crippen LogP contribution in [0.4, 0.5) is 0 Å². The Bertz CT molecular complexity index is 145. The van der Waals surface area contributed by atoms with Crippen molar-refractivity contribution in [2.45, 2.75) is 65.7 Å². The summed E-state index contributed by atoms with van der Waals surface area (Å²) < 4.78 is 1.16. The van der Waals surface area contributed by atoms with Crippen LogP contribution in [0.25, 0.3) is 0 Å². The maximum absolute atomic E-state index is 6.25. The van der Waals surface area contributed by atoms with E-state index in [0.717, 1.165) is 10.5 Å². The summed E-state index contributed by atoms with van der Waals surface area (Å²) >= 11 is 6.25. The van der Waals surface area contributed by atoms with Crippen LogP contribution in [0, 0.1) is 0 Å². The van der Waals surface area contributed by atoms with Crippen LogP contribution in [0.3, 0.4) is 0 Å². The van der Waals surface area contributed by atoms with Crippen molar-refractivity contribution in [2.24, 2.45) is 0 Å². The molecule has 0 heterocycles. The zero-order valence-electron chi connectivity index (χ0n) is 12.0. The molecule has 0 aromatic heterocycles. The van der Waals surface area contributed by atoms with Crippen LogP contribution in [-0.2, 0) is 0 Å². The predicted molar refractivity (Wildman–Crippen MR) is 74.9 cm³/mol. The molecule has 0 radical (unpaired) electrons. The quantitative estimate of drug-likeness (QED) is 0.170. The van der Waals surface area contributed by atoms with Gasteiger partial charge in [0.2, 0.25) is 0 Å². The van der Waals surface area contributed by atoms with Crippen LogP contribution in [0.5, 0.6) is 0 Å². The summed E-state index contributed by atoms with van der Waals surface area (Å²) in [5.41, 5.74) is 0. The van der Waals surface area contributed by atoms with Gasteiger partial charge in [-0.1, -0.05) is 51.6 Å². The minimum atomic E-state index is 0. The van der Waals surface area contributed by atoms with Crippen LogP contribution in [0.2, 0.25) is 0 Å². The molecule has 0 rings (SSSR count). The molecular formula is C14H31ClIN. The third kappa shape index (κ3) is 9.54. The van der Waals surface area contributed by atoms with Crippen molar-refractivity contribution >= 4 is 11.6 Å². The third-order valence-corrected chi connectivity index (χ3v) is 3.97. The molecule has 0 aliphatic rings. The molecule has 1 nitrogen and oxygen atoms in total. The lowest BCUT2D eigenvalue weighted by atomic mass is 10.2. The first-order valence-corrected chi connectivity index (χ1v) is 7.69. The van der Waals surface area contributed by atoms with Crippen molar-refractivity contribution in [3.05, 3.63) is 0 Å². The van der Waals surface area contributed by atoms with E-state index in [4.69, 9.17) is 11.6 Å². The Morgan fingerprint density at radius 2 is 1.12 bits per heavy atom.